The second-order valence-electron chi connectivity index (χ2n) is 3.30. The third kappa shape index (κ3) is 1.12. The number of rotatable bonds is 1. The predicted molar refractivity (Wildman–Crippen MR) is 37.0 cm³/mol. The fourth-order valence-corrected chi connectivity index (χ4v) is 1.90. The molecular formula is C7H11F2NO2. The van der Waals surface area contributed by atoms with Crippen molar-refractivity contribution in [2.75, 3.05) is 13.2 Å². The molecule has 2 rings (SSSR count). The second-order valence-corrected chi connectivity index (χ2v) is 3.30. The van der Waals surface area contributed by atoms with Gasteiger partial charge in [0.25, 0.3) is 0 Å². The van der Waals surface area contributed by atoms with Gasteiger partial charge in [-0.3, -0.25) is 0 Å². The van der Waals surface area contributed by atoms with Crippen LogP contribution in [0.15, 0.2) is 0 Å². The number of hydrogen-bond donors (Lipinski definition) is 2. The lowest BCUT2D eigenvalue weighted by Crippen LogP contribution is -2.36. The van der Waals surface area contributed by atoms with E-state index in [0.29, 0.717) is 0 Å². The molecule has 70 valence electrons. The molecule has 0 aromatic heterocycles. The Balaban J connectivity index is 2.05. The minimum Gasteiger partial charge on any atom is -0.389 e. The van der Waals surface area contributed by atoms with E-state index in [4.69, 9.17) is 4.74 Å². The van der Waals surface area contributed by atoms with Crippen LogP contribution < -0.4 is 5.32 Å². The summed E-state index contributed by atoms with van der Waals surface area (Å²) in [6.45, 7) is 0.412. The molecule has 2 fully saturated rings. The van der Waals surface area contributed by atoms with E-state index in [2.05, 4.69) is 5.32 Å². The van der Waals surface area contributed by atoms with E-state index >= 15 is 0 Å². The van der Waals surface area contributed by atoms with Crippen molar-refractivity contribution in [1.29, 1.82) is 0 Å². The van der Waals surface area contributed by atoms with E-state index in [0.717, 1.165) is 0 Å². The average molecular weight is 179 g/mol. The molecule has 0 aromatic rings. The average Bonchev–Trinajstić information content (AvgIpc) is 2.53. The third-order valence-electron chi connectivity index (χ3n) is 2.56. The minimum atomic E-state index is -2.36. The maximum atomic E-state index is 12.3. The van der Waals surface area contributed by atoms with Crippen LogP contribution >= 0.6 is 0 Å². The van der Waals surface area contributed by atoms with Crippen LogP contribution in [0, 0.1) is 5.92 Å². The number of fused-ring (bicyclic) bond motifs is 1. The van der Waals surface area contributed by atoms with E-state index < -0.39 is 24.6 Å². The summed E-state index contributed by atoms with van der Waals surface area (Å²) < 4.78 is 29.7. The van der Waals surface area contributed by atoms with Crippen LogP contribution in [-0.2, 0) is 4.74 Å². The molecule has 12 heavy (non-hydrogen) atoms. The van der Waals surface area contributed by atoms with Gasteiger partial charge in [0.2, 0.25) is 6.43 Å². The van der Waals surface area contributed by atoms with Gasteiger partial charge in [0.1, 0.15) is 0 Å². The maximum Gasteiger partial charge on any atom is 0.245 e. The highest BCUT2D eigenvalue weighted by molar-refractivity contribution is 5.00. The normalized spacial score (nSPS) is 47.0. The van der Waals surface area contributed by atoms with Gasteiger partial charge < -0.3 is 15.2 Å². The summed E-state index contributed by atoms with van der Waals surface area (Å²) in [7, 11) is 0. The highest BCUT2D eigenvalue weighted by atomic mass is 19.3. The predicted octanol–water partition coefficient (Wildman–Crippen LogP) is -0.401. The third-order valence-corrected chi connectivity index (χ3v) is 2.56. The zero-order valence-corrected chi connectivity index (χ0v) is 6.41. The van der Waals surface area contributed by atoms with Crippen LogP contribution in [0.4, 0.5) is 8.78 Å². The molecule has 2 heterocycles. The monoisotopic (exact) mass is 179 g/mol. The van der Waals surface area contributed by atoms with Crippen LogP contribution in [0.3, 0.4) is 0 Å². The lowest BCUT2D eigenvalue weighted by atomic mass is 10.0. The fourth-order valence-electron chi connectivity index (χ4n) is 1.90. The Morgan fingerprint density at radius 1 is 1.50 bits per heavy atom. The van der Waals surface area contributed by atoms with Crippen LogP contribution in [0.25, 0.3) is 0 Å². The molecule has 0 bridgehead atoms. The maximum absolute atomic E-state index is 12.3. The Labute approximate surface area is 68.7 Å². The van der Waals surface area contributed by atoms with E-state index in [-0.39, 0.29) is 19.2 Å². The number of aliphatic hydroxyl groups excluding tert-OH is 1. The van der Waals surface area contributed by atoms with Crippen molar-refractivity contribution in [1.82, 2.24) is 5.32 Å². The zero-order chi connectivity index (χ0) is 8.72. The van der Waals surface area contributed by atoms with Crippen LogP contribution in [0.1, 0.15) is 0 Å². The smallest absolute Gasteiger partial charge is 0.245 e. The number of aliphatic hydroxyl groups is 1. The lowest BCUT2D eigenvalue weighted by Gasteiger charge is -2.15. The van der Waals surface area contributed by atoms with Crippen molar-refractivity contribution in [3.8, 4) is 0 Å². The van der Waals surface area contributed by atoms with Crippen LogP contribution in [-0.4, -0.2) is 42.9 Å². The molecule has 2 aliphatic rings. The van der Waals surface area contributed by atoms with Gasteiger partial charge in [0.15, 0.2) is 0 Å². The summed E-state index contributed by atoms with van der Waals surface area (Å²) in [6.07, 6.45) is -3.49. The Hall–Kier alpha value is -0.260. The second kappa shape index (κ2) is 2.90. The largest absolute Gasteiger partial charge is 0.389 e. The highest BCUT2D eigenvalue weighted by Crippen LogP contribution is 2.30. The van der Waals surface area contributed by atoms with Crippen molar-refractivity contribution in [3.05, 3.63) is 0 Å². The summed E-state index contributed by atoms with van der Waals surface area (Å²) in [4.78, 5) is 0. The fraction of sp³-hybridized carbons (Fsp3) is 1.00. The summed E-state index contributed by atoms with van der Waals surface area (Å²) in [5.41, 5.74) is 0. The first kappa shape index (κ1) is 8.34. The Morgan fingerprint density at radius 3 is 2.92 bits per heavy atom. The minimum absolute atomic E-state index is 0.172. The first-order valence-corrected chi connectivity index (χ1v) is 4.01. The number of halogens is 2. The standard InChI is InChI=1S/C7H11F2NO2/c8-7(9)3-1-10-5-4(11)2-12-6(3)5/h3-7,10-11H,1-2H2/t3-,4+,5-,6-/m1/s1. The number of nitrogens with one attached hydrogen (secondary N) is 1. The molecule has 2 N–H and O–H groups in total. The zero-order valence-electron chi connectivity index (χ0n) is 6.41. The van der Waals surface area contributed by atoms with E-state index in [9.17, 15) is 13.9 Å². The van der Waals surface area contributed by atoms with Gasteiger partial charge >= 0.3 is 0 Å². The molecular weight excluding hydrogens is 168 g/mol. The molecule has 0 aliphatic carbocycles. The van der Waals surface area contributed by atoms with E-state index in [1.807, 2.05) is 0 Å². The molecule has 0 saturated carbocycles. The molecule has 5 heteroatoms. The number of alkyl halides is 2. The lowest BCUT2D eigenvalue weighted by molar-refractivity contribution is -0.00722. The van der Waals surface area contributed by atoms with Crippen LogP contribution in [0.2, 0.25) is 0 Å². The molecule has 2 saturated heterocycles. The molecule has 4 atom stereocenters. The van der Waals surface area contributed by atoms with Crippen LogP contribution in [0.5, 0.6) is 0 Å². The van der Waals surface area contributed by atoms with E-state index in [1.165, 1.54) is 0 Å². The molecule has 0 radical (unpaired) electrons. The Morgan fingerprint density at radius 2 is 2.25 bits per heavy atom. The van der Waals surface area contributed by atoms with Gasteiger partial charge in [0, 0.05) is 6.54 Å². The molecule has 0 amide bonds. The van der Waals surface area contributed by atoms with E-state index in [1.54, 1.807) is 0 Å². The molecule has 0 spiro atoms. The molecule has 0 aromatic carbocycles. The molecule has 0 unspecified atom stereocenters. The van der Waals surface area contributed by atoms with Crippen molar-refractivity contribution in [2.45, 2.75) is 24.7 Å². The molecule has 2 aliphatic heterocycles. The van der Waals surface area contributed by atoms with Gasteiger partial charge in [-0.05, 0) is 0 Å². The number of ether oxygens (including phenoxy) is 1. The summed E-state index contributed by atoms with van der Waals surface area (Å²) in [5.74, 6) is -0.757. The molecule has 3 nitrogen and oxygen atoms in total. The first-order valence-electron chi connectivity index (χ1n) is 4.01. The summed E-state index contributed by atoms with van der Waals surface area (Å²) >= 11 is 0. The topological polar surface area (TPSA) is 41.5 Å². The number of hydrogen-bond acceptors (Lipinski definition) is 3. The Bertz CT molecular complexity index is 179. The summed E-state index contributed by atoms with van der Waals surface area (Å²) in [5, 5.41) is 12.1. The van der Waals surface area contributed by atoms with Crippen molar-refractivity contribution in [3.63, 3.8) is 0 Å². The van der Waals surface area contributed by atoms with Crippen molar-refractivity contribution >= 4 is 0 Å². The highest BCUT2D eigenvalue weighted by Gasteiger charge is 2.48. The van der Waals surface area contributed by atoms with Gasteiger partial charge in [-0.15, -0.1) is 0 Å². The van der Waals surface area contributed by atoms with Crippen molar-refractivity contribution < 1.29 is 18.6 Å². The summed E-state index contributed by atoms with van der Waals surface area (Å²) in [6, 6.07) is -0.288. The van der Waals surface area contributed by atoms with Gasteiger partial charge in [-0.25, -0.2) is 8.78 Å². The quantitative estimate of drug-likeness (QED) is 0.575. The van der Waals surface area contributed by atoms with Gasteiger partial charge in [-0.2, -0.15) is 0 Å². The van der Waals surface area contributed by atoms with Gasteiger partial charge in [0.05, 0.1) is 30.8 Å². The van der Waals surface area contributed by atoms with Gasteiger partial charge in [-0.1, -0.05) is 0 Å². The first-order chi connectivity index (χ1) is 5.70. The van der Waals surface area contributed by atoms with Crippen molar-refractivity contribution in [2.24, 2.45) is 5.92 Å². The SMILES string of the molecule is O[C@H]1CO[C@H]2[C@@H]1NC[C@H]2C(F)F. The Kier molecular flexibility index (Phi) is 2.02.